The Balaban J connectivity index is 2.98. The van der Waals surface area contributed by atoms with Crippen LogP contribution >= 0.6 is 0 Å². The Morgan fingerprint density at radius 2 is 1.36 bits per heavy atom. The third-order valence-electron chi connectivity index (χ3n) is 2.94. The first kappa shape index (κ1) is 8.44. The molecule has 11 heavy (non-hydrogen) atoms. The Labute approximate surface area is 68.4 Å². The van der Waals surface area contributed by atoms with Gasteiger partial charge < -0.3 is 0 Å². The van der Waals surface area contributed by atoms with Crippen molar-refractivity contribution in [1.82, 2.24) is 0 Å². The Morgan fingerprint density at radius 1 is 1.00 bits per heavy atom. The molecular weight excluding hydrogens is 136 g/mol. The summed E-state index contributed by atoms with van der Waals surface area (Å²) in [6.45, 7) is 8.56. The zero-order chi connectivity index (χ0) is 8.48. The van der Waals surface area contributed by atoms with E-state index in [2.05, 4.69) is 37.9 Å². The van der Waals surface area contributed by atoms with Crippen molar-refractivity contribution in [1.29, 1.82) is 0 Å². The second-order valence-electron chi connectivity index (χ2n) is 3.16. The molecule has 0 aromatic rings. The summed E-state index contributed by atoms with van der Waals surface area (Å²) in [5.41, 5.74) is 2.56. The van der Waals surface area contributed by atoms with Gasteiger partial charge in [0.15, 0.2) is 0 Å². The van der Waals surface area contributed by atoms with Crippen LogP contribution in [0.2, 0.25) is 0 Å². The van der Waals surface area contributed by atoms with Crippen molar-refractivity contribution in [2.45, 2.75) is 40.5 Å². The third-order valence-corrected chi connectivity index (χ3v) is 2.94. The van der Waals surface area contributed by atoms with Gasteiger partial charge in [-0.05, 0) is 26.7 Å². The molecule has 1 rings (SSSR count). The summed E-state index contributed by atoms with van der Waals surface area (Å²) in [5, 5.41) is 8.23. The largest absolute Gasteiger partial charge is 0.159 e. The van der Waals surface area contributed by atoms with E-state index in [1.54, 1.807) is 0 Å². The standard InChI is InChI=1S/C9H16N2/c1-5-9(6-2)7(3)10-11-8(9)4/h5-6H2,1-4H3. The highest BCUT2D eigenvalue weighted by Gasteiger charge is 2.36. The highest BCUT2D eigenvalue weighted by atomic mass is 15.2. The van der Waals surface area contributed by atoms with Gasteiger partial charge in [0, 0.05) is 16.8 Å². The lowest BCUT2D eigenvalue weighted by Gasteiger charge is -2.26. The van der Waals surface area contributed by atoms with Gasteiger partial charge in [0.25, 0.3) is 0 Å². The van der Waals surface area contributed by atoms with E-state index in [9.17, 15) is 0 Å². The molecule has 0 saturated heterocycles. The smallest absolute Gasteiger partial charge is 0.0495 e. The van der Waals surface area contributed by atoms with Crippen molar-refractivity contribution in [2.24, 2.45) is 15.6 Å². The molecule has 1 aliphatic rings. The molecule has 0 aromatic heterocycles. The van der Waals surface area contributed by atoms with Gasteiger partial charge in [0.1, 0.15) is 0 Å². The molecule has 0 unspecified atom stereocenters. The lowest BCUT2D eigenvalue weighted by molar-refractivity contribution is 0.536. The molecule has 0 amide bonds. The summed E-state index contributed by atoms with van der Waals surface area (Å²) < 4.78 is 0. The number of hydrogen-bond donors (Lipinski definition) is 0. The van der Waals surface area contributed by atoms with E-state index >= 15 is 0 Å². The Morgan fingerprint density at radius 3 is 1.55 bits per heavy atom. The minimum absolute atomic E-state index is 0.194. The fourth-order valence-corrected chi connectivity index (χ4v) is 1.88. The number of rotatable bonds is 2. The summed E-state index contributed by atoms with van der Waals surface area (Å²) in [6, 6.07) is 0. The van der Waals surface area contributed by atoms with Crippen LogP contribution in [0.25, 0.3) is 0 Å². The molecule has 0 atom stereocenters. The van der Waals surface area contributed by atoms with Crippen LogP contribution in [0.1, 0.15) is 40.5 Å². The molecular formula is C9H16N2. The van der Waals surface area contributed by atoms with Crippen LogP contribution in [0.4, 0.5) is 0 Å². The molecule has 0 aromatic carbocycles. The molecule has 62 valence electrons. The van der Waals surface area contributed by atoms with Crippen LogP contribution in [-0.4, -0.2) is 11.4 Å². The Hall–Kier alpha value is -0.660. The second-order valence-corrected chi connectivity index (χ2v) is 3.16. The van der Waals surface area contributed by atoms with Gasteiger partial charge in [-0.15, -0.1) is 0 Å². The Bertz CT molecular complexity index is 190. The molecule has 0 saturated carbocycles. The van der Waals surface area contributed by atoms with Crippen molar-refractivity contribution >= 4 is 11.4 Å². The van der Waals surface area contributed by atoms with Gasteiger partial charge in [-0.1, -0.05) is 13.8 Å². The molecule has 2 nitrogen and oxygen atoms in total. The van der Waals surface area contributed by atoms with Gasteiger partial charge in [0.05, 0.1) is 0 Å². The van der Waals surface area contributed by atoms with Crippen LogP contribution in [-0.2, 0) is 0 Å². The quantitative estimate of drug-likeness (QED) is 0.581. The van der Waals surface area contributed by atoms with Crippen molar-refractivity contribution in [2.75, 3.05) is 0 Å². The zero-order valence-corrected chi connectivity index (χ0v) is 7.81. The van der Waals surface area contributed by atoms with Gasteiger partial charge in [0.2, 0.25) is 0 Å². The zero-order valence-electron chi connectivity index (χ0n) is 7.81. The first-order valence-corrected chi connectivity index (χ1v) is 4.27. The summed E-state index contributed by atoms with van der Waals surface area (Å²) >= 11 is 0. The first-order valence-electron chi connectivity index (χ1n) is 4.27. The number of nitrogens with zero attached hydrogens (tertiary/aromatic N) is 2. The van der Waals surface area contributed by atoms with Gasteiger partial charge in [-0.25, -0.2) is 0 Å². The van der Waals surface area contributed by atoms with Crippen LogP contribution in [0, 0.1) is 5.41 Å². The predicted octanol–water partition coefficient (Wildman–Crippen LogP) is 2.64. The highest BCUT2D eigenvalue weighted by Crippen LogP contribution is 2.33. The second kappa shape index (κ2) is 2.76. The summed E-state index contributed by atoms with van der Waals surface area (Å²) in [5.74, 6) is 0. The molecule has 0 N–H and O–H groups in total. The minimum Gasteiger partial charge on any atom is -0.159 e. The van der Waals surface area contributed by atoms with E-state index < -0.39 is 0 Å². The van der Waals surface area contributed by atoms with Crippen LogP contribution in [0.3, 0.4) is 0 Å². The van der Waals surface area contributed by atoms with Crippen LogP contribution < -0.4 is 0 Å². The maximum absolute atomic E-state index is 4.12. The van der Waals surface area contributed by atoms with Gasteiger partial charge >= 0.3 is 0 Å². The molecule has 0 fully saturated rings. The molecule has 1 aliphatic heterocycles. The average molecular weight is 152 g/mol. The van der Waals surface area contributed by atoms with E-state index in [1.165, 1.54) is 11.4 Å². The maximum Gasteiger partial charge on any atom is 0.0495 e. The molecule has 0 bridgehead atoms. The maximum atomic E-state index is 4.12. The predicted molar refractivity (Wildman–Crippen MR) is 49.2 cm³/mol. The van der Waals surface area contributed by atoms with E-state index in [4.69, 9.17) is 0 Å². The van der Waals surface area contributed by atoms with E-state index in [-0.39, 0.29) is 5.41 Å². The number of hydrogen-bond acceptors (Lipinski definition) is 2. The third kappa shape index (κ3) is 1.01. The fraction of sp³-hybridized carbons (Fsp3) is 0.778. The lowest BCUT2D eigenvalue weighted by atomic mass is 9.75. The normalized spacial score (nSPS) is 21.5. The van der Waals surface area contributed by atoms with E-state index in [0.29, 0.717) is 0 Å². The summed E-state index contributed by atoms with van der Waals surface area (Å²) in [6.07, 6.45) is 2.24. The van der Waals surface area contributed by atoms with Gasteiger partial charge in [-0.2, -0.15) is 10.2 Å². The Kier molecular flexibility index (Phi) is 2.12. The highest BCUT2D eigenvalue weighted by molar-refractivity contribution is 6.12. The lowest BCUT2D eigenvalue weighted by Crippen LogP contribution is -2.32. The van der Waals surface area contributed by atoms with E-state index in [0.717, 1.165) is 12.8 Å². The van der Waals surface area contributed by atoms with Gasteiger partial charge in [-0.3, -0.25) is 0 Å². The van der Waals surface area contributed by atoms with E-state index in [1.807, 2.05) is 0 Å². The molecule has 2 heteroatoms. The molecule has 0 radical (unpaired) electrons. The minimum atomic E-state index is 0.194. The SMILES string of the molecule is CCC1(CC)C(C)=NN=C1C. The van der Waals surface area contributed by atoms with Crippen molar-refractivity contribution in [3.8, 4) is 0 Å². The average Bonchev–Trinajstić information content (AvgIpc) is 2.29. The summed E-state index contributed by atoms with van der Waals surface area (Å²) in [4.78, 5) is 0. The van der Waals surface area contributed by atoms with Crippen LogP contribution in [0.15, 0.2) is 10.2 Å². The van der Waals surface area contributed by atoms with Crippen molar-refractivity contribution in [3.05, 3.63) is 0 Å². The molecule has 0 aliphatic carbocycles. The van der Waals surface area contributed by atoms with Crippen LogP contribution in [0.5, 0.6) is 0 Å². The van der Waals surface area contributed by atoms with Crippen molar-refractivity contribution < 1.29 is 0 Å². The van der Waals surface area contributed by atoms with Crippen molar-refractivity contribution in [3.63, 3.8) is 0 Å². The summed E-state index contributed by atoms with van der Waals surface area (Å²) in [7, 11) is 0. The molecule has 1 heterocycles. The molecule has 0 spiro atoms. The first-order chi connectivity index (χ1) is 5.17. The monoisotopic (exact) mass is 152 g/mol. The fourth-order valence-electron chi connectivity index (χ4n) is 1.88. The topological polar surface area (TPSA) is 24.7 Å².